The Balaban J connectivity index is 2.22. The Labute approximate surface area is 162 Å². The molecule has 0 aliphatic heterocycles. The molecule has 0 amide bonds. The second-order valence-corrected chi connectivity index (χ2v) is 7.71. The summed E-state index contributed by atoms with van der Waals surface area (Å²) in [4.78, 5) is -0.782. The van der Waals surface area contributed by atoms with E-state index in [0.29, 0.717) is 0 Å². The van der Waals surface area contributed by atoms with Crippen LogP contribution in [0.3, 0.4) is 0 Å². The molecular formula is C18H13F5N2O3S. The van der Waals surface area contributed by atoms with E-state index in [1.165, 1.54) is 19.1 Å². The van der Waals surface area contributed by atoms with Gasteiger partial charge in [-0.05, 0) is 36.2 Å². The van der Waals surface area contributed by atoms with Gasteiger partial charge in [0.1, 0.15) is 16.4 Å². The zero-order valence-corrected chi connectivity index (χ0v) is 15.5. The van der Waals surface area contributed by atoms with Crippen molar-refractivity contribution in [2.45, 2.75) is 24.7 Å². The van der Waals surface area contributed by atoms with Gasteiger partial charge in [-0.1, -0.05) is 23.4 Å². The van der Waals surface area contributed by atoms with Crippen LogP contribution in [0.4, 0.5) is 22.0 Å². The smallest absolute Gasteiger partial charge is 0.357 e. The highest BCUT2D eigenvalue weighted by molar-refractivity contribution is 7.89. The summed E-state index contributed by atoms with van der Waals surface area (Å²) in [5.74, 6) is -1.56. The van der Waals surface area contributed by atoms with E-state index in [2.05, 4.69) is 5.16 Å². The summed E-state index contributed by atoms with van der Waals surface area (Å²) in [5.41, 5.74) is -1.25. The van der Waals surface area contributed by atoms with Gasteiger partial charge in [0.2, 0.25) is 10.0 Å². The number of halogens is 5. The van der Waals surface area contributed by atoms with Crippen LogP contribution in [0.2, 0.25) is 0 Å². The molecule has 11 heteroatoms. The van der Waals surface area contributed by atoms with E-state index in [0.717, 1.165) is 24.3 Å². The largest absolute Gasteiger partial charge is 0.416 e. The molecule has 3 aromatic rings. The van der Waals surface area contributed by atoms with Crippen LogP contribution in [0.5, 0.6) is 0 Å². The van der Waals surface area contributed by atoms with Crippen molar-refractivity contribution in [1.29, 1.82) is 0 Å². The first-order chi connectivity index (χ1) is 13.4. The van der Waals surface area contributed by atoms with E-state index < -0.39 is 39.2 Å². The number of rotatable bonds is 4. The minimum Gasteiger partial charge on any atom is -0.357 e. The maximum atomic E-state index is 14.2. The molecule has 0 aliphatic carbocycles. The minimum atomic E-state index is -4.63. The van der Waals surface area contributed by atoms with Crippen molar-refractivity contribution in [2.75, 3.05) is 0 Å². The van der Waals surface area contributed by atoms with Gasteiger partial charge >= 0.3 is 6.18 Å². The van der Waals surface area contributed by atoms with Crippen LogP contribution >= 0.6 is 0 Å². The van der Waals surface area contributed by atoms with Crippen molar-refractivity contribution in [2.24, 2.45) is 5.14 Å². The summed E-state index contributed by atoms with van der Waals surface area (Å²) in [6, 6.07) is 6.16. The van der Waals surface area contributed by atoms with Gasteiger partial charge in [0.25, 0.3) is 0 Å². The number of benzene rings is 2. The number of hydrogen-bond acceptors (Lipinski definition) is 4. The van der Waals surface area contributed by atoms with Crippen LogP contribution in [-0.4, -0.2) is 13.6 Å². The maximum absolute atomic E-state index is 14.2. The topological polar surface area (TPSA) is 86.2 Å². The highest BCUT2D eigenvalue weighted by Crippen LogP contribution is 2.39. The van der Waals surface area contributed by atoms with Crippen LogP contribution in [0.1, 0.15) is 16.9 Å². The molecular weight excluding hydrogens is 419 g/mol. The zero-order chi connectivity index (χ0) is 21.6. The molecule has 0 aliphatic rings. The molecule has 2 aromatic carbocycles. The third-order valence-electron chi connectivity index (χ3n) is 4.23. The molecule has 29 heavy (non-hydrogen) atoms. The first kappa shape index (κ1) is 20.9. The molecule has 0 fully saturated rings. The van der Waals surface area contributed by atoms with Crippen LogP contribution in [-0.2, 0) is 22.9 Å². The quantitative estimate of drug-likeness (QED) is 0.611. The lowest BCUT2D eigenvalue weighted by Gasteiger charge is -2.12. The van der Waals surface area contributed by atoms with E-state index in [1.807, 2.05) is 0 Å². The Morgan fingerprint density at radius 2 is 1.76 bits per heavy atom. The predicted octanol–water partition coefficient (Wildman–Crippen LogP) is 4.59. The van der Waals surface area contributed by atoms with Crippen LogP contribution in [0.25, 0.3) is 22.4 Å². The molecule has 0 unspecified atom stereocenters. The van der Waals surface area contributed by atoms with E-state index in [1.54, 1.807) is 0 Å². The van der Waals surface area contributed by atoms with Gasteiger partial charge in [-0.3, -0.25) is 0 Å². The number of primary sulfonamides is 1. The lowest BCUT2D eigenvalue weighted by Crippen LogP contribution is -2.14. The number of alkyl halides is 4. The van der Waals surface area contributed by atoms with Crippen molar-refractivity contribution in [3.8, 4) is 22.4 Å². The van der Waals surface area contributed by atoms with E-state index in [-0.39, 0.29) is 33.7 Å². The highest BCUT2D eigenvalue weighted by Gasteiger charge is 2.33. The molecule has 5 nitrogen and oxygen atoms in total. The van der Waals surface area contributed by atoms with Crippen LogP contribution in [0.15, 0.2) is 45.8 Å². The van der Waals surface area contributed by atoms with Gasteiger partial charge in [0.15, 0.2) is 12.4 Å². The summed E-state index contributed by atoms with van der Waals surface area (Å²) >= 11 is 0. The molecule has 0 saturated carbocycles. The molecule has 154 valence electrons. The molecule has 2 N–H and O–H groups in total. The van der Waals surface area contributed by atoms with Gasteiger partial charge in [0, 0.05) is 5.56 Å². The number of sulfonamides is 1. The van der Waals surface area contributed by atoms with Crippen molar-refractivity contribution < 1.29 is 34.9 Å². The number of nitrogens with zero attached hydrogens (tertiary/aromatic N) is 1. The number of aromatic nitrogens is 1. The molecule has 1 aromatic heterocycles. The first-order valence-electron chi connectivity index (χ1n) is 7.99. The number of hydrogen-bond donors (Lipinski definition) is 1. The predicted molar refractivity (Wildman–Crippen MR) is 93.3 cm³/mol. The van der Waals surface area contributed by atoms with Crippen molar-refractivity contribution in [1.82, 2.24) is 5.16 Å². The third-order valence-corrected chi connectivity index (χ3v) is 5.17. The van der Waals surface area contributed by atoms with Gasteiger partial charge < -0.3 is 4.52 Å². The summed E-state index contributed by atoms with van der Waals surface area (Å²) in [6.45, 7) is 0.115. The fourth-order valence-corrected chi connectivity index (χ4v) is 3.46. The summed E-state index contributed by atoms with van der Waals surface area (Å²) < 4.78 is 94.9. The Bertz CT molecular complexity index is 1190. The molecule has 0 atom stereocenters. The van der Waals surface area contributed by atoms with Crippen molar-refractivity contribution in [3.63, 3.8) is 0 Å². The lowest BCUT2D eigenvalue weighted by atomic mass is 9.96. The van der Waals surface area contributed by atoms with Crippen molar-refractivity contribution in [3.05, 3.63) is 59.1 Å². The van der Waals surface area contributed by atoms with Gasteiger partial charge in [-0.25, -0.2) is 22.3 Å². The average Bonchev–Trinajstić information content (AvgIpc) is 3.04. The third kappa shape index (κ3) is 4.01. The van der Waals surface area contributed by atoms with Gasteiger partial charge in [-0.2, -0.15) is 13.2 Å². The van der Waals surface area contributed by atoms with Crippen molar-refractivity contribution >= 4 is 10.0 Å². The number of aryl methyl sites for hydroxylation is 1. The monoisotopic (exact) mass is 432 g/mol. The Morgan fingerprint density at radius 1 is 1.10 bits per heavy atom. The minimum absolute atomic E-state index is 0.0273. The van der Waals surface area contributed by atoms with Crippen LogP contribution < -0.4 is 5.14 Å². The molecule has 0 saturated heterocycles. The Kier molecular flexibility index (Phi) is 5.22. The molecule has 0 spiro atoms. The summed E-state index contributed by atoms with van der Waals surface area (Å²) in [5, 5.41) is 8.55. The average molecular weight is 432 g/mol. The normalized spacial score (nSPS) is 12.4. The van der Waals surface area contributed by atoms with Gasteiger partial charge in [-0.15, -0.1) is 0 Å². The molecule has 3 rings (SSSR count). The lowest BCUT2D eigenvalue weighted by molar-refractivity contribution is -0.138. The SMILES string of the molecule is Cc1ccc(-c2noc(CF)c2-c2ccc(S(N)(=O)=O)c(F)c2)cc1C(F)(F)F. The second-order valence-electron chi connectivity index (χ2n) is 6.18. The van der Waals surface area contributed by atoms with E-state index in [4.69, 9.17) is 9.66 Å². The zero-order valence-electron chi connectivity index (χ0n) is 14.7. The maximum Gasteiger partial charge on any atom is 0.416 e. The molecule has 1 heterocycles. The molecule has 0 radical (unpaired) electrons. The standard InChI is InChI=1S/C18H13F5N2O3S/c1-9-2-3-11(6-12(9)18(21,22)23)17-16(14(8-19)28-25-17)10-4-5-15(13(20)7-10)29(24,26)27/h2-7H,8H2,1H3,(H2,24,26,27). The second kappa shape index (κ2) is 7.23. The Morgan fingerprint density at radius 3 is 2.31 bits per heavy atom. The highest BCUT2D eigenvalue weighted by atomic mass is 32.2. The fourth-order valence-electron chi connectivity index (χ4n) is 2.87. The summed E-state index contributed by atoms with van der Waals surface area (Å²) in [7, 11) is -4.34. The van der Waals surface area contributed by atoms with E-state index >= 15 is 0 Å². The Hall–Kier alpha value is -2.79. The van der Waals surface area contributed by atoms with Gasteiger partial charge in [0.05, 0.1) is 11.1 Å². The fraction of sp³-hybridized carbons (Fsp3) is 0.167. The summed E-state index contributed by atoms with van der Waals surface area (Å²) in [6.07, 6.45) is -4.63. The first-order valence-corrected chi connectivity index (χ1v) is 9.53. The van der Waals surface area contributed by atoms with E-state index in [9.17, 15) is 30.4 Å². The van der Waals surface area contributed by atoms with Crippen LogP contribution in [0, 0.1) is 12.7 Å². The molecule has 0 bridgehead atoms. The number of nitrogens with two attached hydrogens (primary N) is 1.